The van der Waals surface area contributed by atoms with Gasteiger partial charge in [-0.15, -0.1) is 5.10 Å². The van der Waals surface area contributed by atoms with Crippen molar-refractivity contribution in [2.24, 2.45) is 7.05 Å². The number of hydrogen-bond acceptors (Lipinski definition) is 6. The molecule has 0 saturated heterocycles. The zero-order chi connectivity index (χ0) is 11.1. The molecule has 0 aromatic carbocycles. The molecule has 0 saturated carbocycles. The number of aryl methyl sites for hydroxylation is 1. The van der Waals surface area contributed by atoms with Crippen LogP contribution < -0.4 is 5.32 Å². The minimum Gasteiger partial charge on any atom is -0.301 e. The summed E-state index contributed by atoms with van der Waals surface area (Å²) in [6.07, 6.45) is 1.02. The van der Waals surface area contributed by atoms with Crippen molar-refractivity contribution in [2.75, 3.05) is 12.3 Å². The van der Waals surface area contributed by atoms with Crippen molar-refractivity contribution in [3.8, 4) is 6.07 Å². The molecule has 0 bridgehead atoms. The molecular weight excluding hydrogens is 212 g/mol. The fourth-order valence-electron chi connectivity index (χ4n) is 0.962. The van der Waals surface area contributed by atoms with Crippen molar-refractivity contribution >= 4 is 11.8 Å². The Labute approximate surface area is 93.0 Å². The molecule has 0 fully saturated rings. The topological polar surface area (TPSA) is 79.4 Å². The summed E-state index contributed by atoms with van der Waals surface area (Å²) in [4.78, 5) is 0. The lowest BCUT2D eigenvalue weighted by Gasteiger charge is -2.08. The van der Waals surface area contributed by atoms with Crippen molar-refractivity contribution in [2.45, 2.75) is 24.5 Å². The van der Waals surface area contributed by atoms with Gasteiger partial charge in [0, 0.05) is 12.8 Å². The van der Waals surface area contributed by atoms with Gasteiger partial charge in [-0.1, -0.05) is 18.7 Å². The SMILES string of the molecule is CCCNC(C#N)CSc1nnnn1C. The van der Waals surface area contributed by atoms with Crippen LogP contribution in [0.1, 0.15) is 13.3 Å². The van der Waals surface area contributed by atoms with Crippen LogP contribution in [0.25, 0.3) is 0 Å². The van der Waals surface area contributed by atoms with Gasteiger partial charge in [-0.05, 0) is 23.4 Å². The van der Waals surface area contributed by atoms with Crippen molar-refractivity contribution in [1.29, 1.82) is 5.26 Å². The Morgan fingerprint density at radius 1 is 1.67 bits per heavy atom. The average molecular weight is 226 g/mol. The first kappa shape index (κ1) is 11.9. The van der Waals surface area contributed by atoms with Crippen molar-refractivity contribution in [1.82, 2.24) is 25.5 Å². The summed E-state index contributed by atoms with van der Waals surface area (Å²) in [6, 6.07) is 2.06. The van der Waals surface area contributed by atoms with E-state index in [1.54, 1.807) is 11.7 Å². The summed E-state index contributed by atoms with van der Waals surface area (Å²) < 4.78 is 1.60. The van der Waals surface area contributed by atoms with Gasteiger partial charge in [0.2, 0.25) is 5.16 Å². The van der Waals surface area contributed by atoms with Crippen LogP contribution in [-0.4, -0.2) is 38.5 Å². The maximum atomic E-state index is 8.87. The number of aromatic nitrogens is 4. The molecule has 0 radical (unpaired) electrons. The second kappa shape index (κ2) is 6.37. The Bertz CT molecular complexity index is 330. The standard InChI is InChI=1S/C8H14N6S/c1-3-4-10-7(5-9)6-15-8-11-12-13-14(8)2/h7,10H,3-4,6H2,1-2H3. The molecule has 0 amide bonds. The third-order valence-electron chi connectivity index (χ3n) is 1.76. The van der Waals surface area contributed by atoms with Crippen molar-refractivity contribution < 1.29 is 0 Å². The maximum Gasteiger partial charge on any atom is 0.209 e. The molecule has 0 aliphatic heterocycles. The fourth-order valence-corrected chi connectivity index (χ4v) is 1.79. The Hall–Kier alpha value is -1.13. The van der Waals surface area contributed by atoms with E-state index < -0.39 is 0 Å². The normalized spacial score (nSPS) is 12.3. The highest BCUT2D eigenvalue weighted by molar-refractivity contribution is 7.99. The molecule has 1 heterocycles. The van der Waals surface area contributed by atoms with Gasteiger partial charge in [0.25, 0.3) is 0 Å². The second-order valence-electron chi connectivity index (χ2n) is 3.03. The summed E-state index contributed by atoms with van der Waals surface area (Å²) in [5.41, 5.74) is 0. The summed E-state index contributed by atoms with van der Waals surface area (Å²) in [5.74, 6) is 0.657. The Balaban J connectivity index is 2.35. The molecule has 82 valence electrons. The number of nitriles is 1. The average Bonchev–Trinajstić information content (AvgIpc) is 2.65. The number of rotatable bonds is 6. The molecule has 6 nitrogen and oxygen atoms in total. The highest BCUT2D eigenvalue weighted by atomic mass is 32.2. The van der Waals surface area contributed by atoms with Crippen molar-refractivity contribution in [3.63, 3.8) is 0 Å². The van der Waals surface area contributed by atoms with Crippen LogP contribution in [0.15, 0.2) is 5.16 Å². The molecule has 7 heteroatoms. The first-order chi connectivity index (χ1) is 7.27. The summed E-state index contributed by atoms with van der Waals surface area (Å²) in [5, 5.41) is 23.8. The van der Waals surface area contributed by atoms with E-state index in [0.717, 1.165) is 18.1 Å². The van der Waals surface area contributed by atoms with E-state index >= 15 is 0 Å². The predicted octanol–water partition coefficient (Wildman–Crippen LogP) is 0.194. The van der Waals surface area contributed by atoms with E-state index in [4.69, 9.17) is 5.26 Å². The number of hydrogen-bond donors (Lipinski definition) is 1. The summed E-state index contributed by atoms with van der Waals surface area (Å²) >= 11 is 1.48. The van der Waals surface area contributed by atoms with E-state index in [1.165, 1.54) is 11.8 Å². The molecule has 0 aliphatic rings. The van der Waals surface area contributed by atoms with Gasteiger partial charge in [-0.25, -0.2) is 4.68 Å². The van der Waals surface area contributed by atoms with E-state index in [-0.39, 0.29) is 6.04 Å². The highest BCUT2D eigenvalue weighted by Gasteiger charge is 2.09. The van der Waals surface area contributed by atoms with Gasteiger partial charge in [-0.3, -0.25) is 0 Å². The van der Waals surface area contributed by atoms with Crippen LogP contribution in [0.2, 0.25) is 0 Å². The van der Waals surface area contributed by atoms with Gasteiger partial charge >= 0.3 is 0 Å². The first-order valence-electron chi connectivity index (χ1n) is 4.76. The molecular formula is C8H14N6S. The van der Waals surface area contributed by atoms with Crippen LogP contribution in [0, 0.1) is 11.3 Å². The van der Waals surface area contributed by atoms with Gasteiger partial charge in [-0.2, -0.15) is 5.26 Å². The highest BCUT2D eigenvalue weighted by Crippen LogP contribution is 2.13. The first-order valence-corrected chi connectivity index (χ1v) is 5.74. The van der Waals surface area contributed by atoms with Gasteiger partial charge in [0.1, 0.15) is 6.04 Å². The lowest BCUT2D eigenvalue weighted by molar-refractivity contribution is 0.633. The molecule has 1 aromatic rings. The molecule has 1 aromatic heterocycles. The Morgan fingerprint density at radius 2 is 2.47 bits per heavy atom. The molecule has 15 heavy (non-hydrogen) atoms. The Morgan fingerprint density at radius 3 is 3.00 bits per heavy atom. The molecule has 1 N–H and O–H groups in total. The lowest BCUT2D eigenvalue weighted by Crippen LogP contribution is -2.30. The summed E-state index contributed by atoms with van der Waals surface area (Å²) in [6.45, 7) is 2.93. The lowest BCUT2D eigenvalue weighted by atomic mass is 10.3. The van der Waals surface area contributed by atoms with Gasteiger partial charge in [0.05, 0.1) is 6.07 Å². The third kappa shape index (κ3) is 3.85. The van der Waals surface area contributed by atoms with Crippen LogP contribution in [0.4, 0.5) is 0 Å². The van der Waals surface area contributed by atoms with E-state index in [9.17, 15) is 0 Å². The van der Waals surface area contributed by atoms with Crippen LogP contribution in [-0.2, 0) is 7.05 Å². The minimum atomic E-state index is -0.147. The maximum absolute atomic E-state index is 8.87. The largest absolute Gasteiger partial charge is 0.301 e. The Kier molecular flexibility index (Phi) is 5.07. The quantitative estimate of drug-likeness (QED) is 0.698. The number of tetrazole rings is 1. The second-order valence-corrected chi connectivity index (χ2v) is 4.02. The molecule has 1 unspecified atom stereocenters. The fraction of sp³-hybridized carbons (Fsp3) is 0.750. The smallest absolute Gasteiger partial charge is 0.209 e. The molecule has 1 rings (SSSR count). The van der Waals surface area contributed by atoms with E-state index in [0.29, 0.717) is 5.75 Å². The van der Waals surface area contributed by atoms with Crippen molar-refractivity contribution in [3.05, 3.63) is 0 Å². The number of nitrogens with one attached hydrogen (secondary N) is 1. The minimum absolute atomic E-state index is 0.147. The monoisotopic (exact) mass is 226 g/mol. The summed E-state index contributed by atoms with van der Waals surface area (Å²) in [7, 11) is 1.78. The zero-order valence-electron chi connectivity index (χ0n) is 8.84. The van der Waals surface area contributed by atoms with Gasteiger partial charge in [0.15, 0.2) is 0 Å². The predicted molar refractivity (Wildman–Crippen MR) is 57.2 cm³/mol. The third-order valence-corrected chi connectivity index (χ3v) is 2.86. The van der Waals surface area contributed by atoms with E-state index in [2.05, 4.69) is 33.8 Å². The van der Waals surface area contributed by atoms with E-state index in [1.807, 2.05) is 0 Å². The number of nitrogens with zero attached hydrogens (tertiary/aromatic N) is 5. The molecule has 0 aliphatic carbocycles. The van der Waals surface area contributed by atoms with Crippen LogP contribution >= 0.6 is 11.8 Å². The zero-order valence-corrected chi connectivity index (χ0v) is 9.66. The van der Waals surface area contributed by atoms with Crippen LogP contribution in [0.3, 0.4) is 0 Å². The van der Waals surface area contributed by atoms with Gasteiger partial charge < -0.3 is 5.32 Å². The molecule has 1 atom stereocenters. The molecule has 0 spiro atoms. The number of thioether (sulfide) groups is 1. The van der Waals surface area contributed by atoms with Crippen LogP contribution in [0.5, 0.6) is 0 Å².